The number of rotatable bonds is 1. The van der Waals surface area contributed by atoms with E-state index in [0.717, 1.165) is 5.56 Å². The van der Waals surface area contributed by atoms with Gasteiger partial charge >= 0.3 is 0 Å². The van der Waals surface area contributed by atoms with Crippen molar-refractivity contribution in [3.8, 4) is 5.75 Å². The molecule has 0 fully saturated rings. The Morgan fingerprint density at radius 3 is 2.64 bits per heavy atom. The largest absolute Gasteiger partial charge is 0.505 e. The maximum atomic E-state index is 12.8. The molecule has 1 aromatic carbocycles. The summed E-state index contributed by atoms with van der Waals surface area (Å²) in [5.74, 6) is -0.896. The Morgan fingerprint density at radius 2 is 2.18 bits per heavy atom. The highest BCUT2D eigenvalue weighted by atomic mass is 19.1. The molecule has 0 heterocycles. The monoisotopic (exact) mass is 155 g/mol. The van der Waals surface area contributed by atoms with Gasteiger partial charge in [0.1, 0.15) is 0 Å². The van der Waals surface area contributed by atoms with E-state index in [1.54, 1.807) is 13.0 Å². The molecule has 0 amide bonds. The number of phenolic OH excluding ortho intramolecular Hbond substituents is 1. The molecule has 0 aromatic heterocycles. The number of hydrogen-bond acceptors (Lipinski definition) is 2. The number of aromatic hydroxyl groups is 1. The zero-order valence-electron chi connectivity index (χ0n) is 6.26. The summed E-state index contributed by atoms with van der Waals surface area (Å²) >= 11 is 0. The van der Waals surface area contributed by atoms with Crippen LogP contribution in [0, 0.1) is 12.7 Å². The van der Waals surface area contributed by atoms with Crippen molar-refractivity contribution in [3.05, 3.63) is 29.1 Å². The third-order valence-corrected chi connectivity index (χ3v) is 1.53. The minimum absolute atomic E-state index is 0.314. The third kappa shape index (κ3) is 1.49. The lowest BCUT2D eigenvalue weighted by molar-refractivity contribution is 0.429. The molecule has 1 rings (SSSR count). The van der Waals surface area contributed by atoms with Gasteiger partial charge in [-0.15, -0.1) is 0 Å². The van der Waals surface area contributed by atoms with Crippen molar-refractivity contribution in [3.63, 3.8) is 0 Å². The molecule has 0 spiro atoms. The fraction of sp³-hybridized carbons (Fsp3) is 0.250. The highest BCUT2D eigenvalue weighted by Gasteiger charge is 2.04. The van der Waals surface area contributed by atoms with Gasteiger partial charge in [0.2, 0.25) is 0 Å². The standard InChI is InChI=1S/C8H10FNO/c1-5-2-6(4-10)3-7(11)8(5)9/h2-3,11H,4,10H2,1H3. The first-order valence-electron chi connectivity index (χ1n) is 3.33. The van der Waals surface area contributed by atoms with Crippen LogP contribution in [0.3, 0.4) is 0 Å². The molecule has 0 saturated carbocycles. The van der Waals surface area contributed by atoms with Gasteiger partial charge in [0.15, 0.2) is 11.6 Å². The summed E-state index contributed by atoms with van der Waals surface area (Å²) in [5.41, 5.74) is 6.46. The zero-order valence-corrected chi connectivity index (χ0v) is 6.26. The van der Waals surface area contributed by atoms with Gasteiger partial charge in [-0.2, -0.15) is 0 Å². The molecule has 0 atom stereocenters. The summed E-state index contributed by atoms with van der Waals surface area (Å²) < 4.78 is 12.8. The Labute approximate surface area is 64.5 Å². The molecule has 0 radical (unpaired) electrons. The summed E-state index contributed by atoms with van der Waals surface area (Å²) in [6, 6.07) is 2.96. The fourth-order valence-corrected chi connectivity index (χ4v) is 0.942. The summed E-state index contributed by atoms with van der Waals surface area (Å²) in [4.78, 5) is 0. The lowest BCUT2D eigenvalue weighted by Crippen LogP contribution is -1.97. The van der Waals surface area contributed by atoms with Crippen LogP contribution in [0.1, 0.15) is 11.1 Å². The number of benzene rings is 1. The van der Waals surface area contributed by atoms with Crippen LogP contribution in [-0.2, 0) is 6.54 Å². The summed E-state index contributed by atoms with van der Waals surface area (Å²) in [6.07, 6.45) is 0. The van der Waals surface area contributed by atoms with Crippen LogP contribution in [0.2, 0.25) is 0 Å². The number of aryl methyl sites for hydroxylation is 1. The van der Waals surface area contributed by atoms with E-state index in [2.05, 4.69) is 0 Å². The first-order chi connectivity index (χ1) is 5.15. The van der Waals surface area contributed by atoms with E-state index in [4.69, 9.17) is 10.8 Å². The lowest BCUT2D eigenvalue weighted by Gasteiger charge is -2.02. The van der Waals surface area contributed by atoms with Gasteiger partial charge in [-0.05, 0) is 24.1 Å². The van der Waals surface area contributed by atoms with Crippen LogP contribution in [0.5, 0.6) is 5.75 Å². The summed E-state index contributed by atoms with van der Waals surface area (Å²) in [5, 5.41) is 8.98. The van der Waals surface area contributed by atoms with E-state index >= 15 is 0 Å². The normalized spacial score (nSPS) is 10.1. The molecule has 60 valence electrons. The smallest absolute Gasteiger partial charge is 0.167 e. The number of halogens is 1. The van der Waals surface area contributed by atoms with Crippen LogP contribution in [-0.4, -0.2) is 5.11 Å². The van der Waals surface area contributed by atoms with Gasteiger partial charge < -0.3 is 10.8 Å². The average Bonchev–Trinajstić information content (AvgIpc) is 1.99. The van der Waals surface area contributed by atoms with Gasteiger partial charge in [-0.3, -0.25) is 0 Å². The number of hydrogen-bond donors (Lipinski definition) is 2. The summed E-state index contributed by atoms with van der Waals surface area (Å²) in [6.45, 7) is 1.91. The van der Waals surface area contributed by atoms with E-state index in [1.807, 2.05) is 0 Å². The molecule has 0 saturated heterocycles. The topological polar surface area (TPSA) is 46.2 Å². The Bertz CT molecular complexity index is 250. The highest BCUT2D eigenvalue weighted by molar-refractivity contribution is 5.34. The van der Waals surface area contributed by atoms with E-state index in [-0.39, 0.29) is 5.75 Å². The second-order valence-electron chi connectivity index (χ2n) is 2.45. The predicted molar refractivity (Wildman–Crippen MR) is 40.7 cm³/mol. The molecule has 3 N–H and O–H groups in total. The third-order valence-electron chi connectivity index (χ3n) is 1.53. The minimum atomic E-state index is -0.567. The molecule has 0 aliphatic rings. The van der Waals surface area contributed by atoms with E-state index < -0.39 is 5.82 Å². The predicted octanol–water partition coefficient (Wildman–Crippen LogP) is 1.30. The first kappa shape index (κ1) is 8.01. The fourth-order valence-electron chi connectivity index (χ4n) is 0.942. The van der Waals surface area contributed by atoms with Crippen LogP contribution < -0.4 is 5.73 Å². The van der Waals surface area contributed by atoms with Gasteiger partial charge in [-0.1, -0.05) is 6.07 Å². The van der Waals surface area contributed by atoms with Crippen molar-refractivity contribution in [1.82, 2.24) is 0 Å². The van der Waals surface area contributed by atoms with Crippen LogP contribution in [0.15, 0.2) is 12.1 Å². The molecular formula is C8H10FNO. The van der Waals surface area contributed by atoms with Gasteiger partial charge in [-0.25, -0.2) is 4.39 Å². The summed E-state index contributed by atoms with van der Waals surface area (Å²) in [7, 11) is 0. The molecule has 1 aromatic rings. The molecule has 0 unspecified atom stereocenters. The van der Waals surface area contributed by atoms with E-state index in [0.29, 0.717) is 12.1 Å². The number of phenols is 1. The van der Waals surface area contributed by atoms with Gasteiger partial charge in [0.25, 0.3) is 0 Å². The second kappa shape index (κ2) is 2.88. The molecule has 0 aliphatic heterocycles. The molecule has 0 aliphatic carbocycles. The van der Waals surface area contributed by atoms with E-state index in [9.17, 15) is 4.39 Å². The van der Waals surface area contributed by atoms with Crippen LogP contribution in [0.25, 0.3) is 0 Å². The van der Waals surface area contributed by atoms with Crippen molar-refractivity contribution < 1.29 is 9.50 Å². The lowest BCUT2D eigenvalue weighted by atomic mass is 10.1. The molecular weight excluding hydrogens is 145 g/mol. The van der Waals surface area contributed by atoms with Crippen molar-refractivity contribution in [2.45, 2.75) is 13.5 Å². The SMILES string of the molecule is Cc1cc(CN)cc(O)c1F. The van der Waals surface area contributed by atoms with Gasteiger partial charge in [0, 0.05) is 6.54 Å². The molecule has 2 nitrogen and oxygen atoms in total. The van der Waals surface area contributed by atoms with Crippen LogP contribution >= 0.6 is 0 Å². The molecule has 0 bridgehead atoms. The second-order valence-corrected chi connectivity index (χ2v) is 2.45. The van der Waals surface area contributed by atoms with Crippen molar-refractivity contribution in [2.75, 3.05) is 0 Å². The Balaban J connectivity index is 3.21. The molecule has 11 heavy (non-hydrogen) atoms. The Hall–Kier alpha value is -1.09. The zero-order chi connectivity index (χ0) is 8.43. The Morgan fingerprint density at radius 1 is 1.55 bits per heavy atom. The molecule has 3 heteroatoms. The van der Waals surface area contributed by atoms with Crippen LogP contribution in [0.4, 0.5) is 4.39 Å². The van der Waals surface area contributed by atoms with Gasteiger partial charge in [0.05, 0.1) is 0 Å². The first-order valence-corrected chi connectivity index (χ1v) is 3.33. The maximum absolute atomic E-state index is 12.8. The van der Waals surface area contributed by atoms with Crippen molar-refractivity contribution in [1.29, 1.82) is 0 Å². The minimum Gasteiger partial charge on any atom is -0.505 e. The quantitative estimate of drug-likeness (QED) is 0.642. The Kier molecular flexibility index (Phi) is 2.10. The van der Waals surface area contributed by atoms with Crippen molar-refractivity contribution >= 4 is 0 Å². The van der Waals surface area contributed by atoms with Crippen molar-refractivity contribution in [2.24, 2.45) is 5.73 Å². The maximum Gasteiger partial charge on any atom is 0.167 e. The van der Waals surface area contributed by atoms with E-state index in [1.165, 1.54) is 6.07 Å². The number of nitrogens with two attached hydrogens (primary N) is 1. The average molecular weight is 155 g/mol. The highest BCUT2D eigenvalue weighted by Crippen LogP contribution is 2.20.